The van der Waals surface area contributed by atoms with Gasteiger partial charge in [0, 0.05) is 0 Å². The van der Waals surface area contributed by atoms with Crippen molar-refractivity contribution in [3.63, 3.8) is 0 Å². The number of fused-ring (bicyclic) bond motifs is 3. The van der Waals surface area contributed by atoms with Crippen LogP contribution < -0.4 is 5.32 Å². The standard InChI is InChI=1S/C17H16FN5O2S2/c1-17(2)13-11(9-19-16(18)20-13)23-14(21-17)12(15(22-23)26-3)27(24,25)10-7-5-4-6-8-10/h4-9,21H,1-3H3. The molecule has 1 aliphatic heterocycles. The summed E-state index contributed by atoms with van der Waals surface area (Å²) >= 11 is 1.22. The van der Waals surface area contributed by atoms with Crippen LogP contribution in [0.5, 0.6) is 0 Å². The molecule has 0 fully saturated rings. The summed E-state index contributed by atoms with van der Waals surface area (Å²) in [5.74, 6) is 0.316. The van der Waals surface area contributed by atoms with Crippen molar-refractivity contribution in [3.8, 4) is 5.69 Å². The third kappa shape index (κ3) is 2.71. The Bertz CT molecular complexity index is 1140. The lowest BCUT2D eigenvalue weighted by atomic mass is 9.97. The van der Waals surface area contributed by atoms with E-state index in [2.05, 4.69) is 20.4 Å². The number of thioether (sulfide) groups is 1. The third-order valence-electron chi connectivity index (χ3n) is 4.32. The molecular weight excluding hydrogens is 389 g/mol. The van der Waals surface area contributed by atoms with Gasteiger partial charge in [-0.1, -0.05) is 18.2 Å². The second kappa shape index (κ2) is 6.03. The van der Waals surface area contributed by atoms with Crippen LogP contribution in [0.3, 0.4) is 0 Å². The number of anilines is 1. The molecule has 0 bridgehead atoms. The van der Waals surface area contributed by atoms with E-state index in [0.717, 1.165) is 0 Å². The molecule has 1 aromatic carbocycles. The summed E-state index contributed by atoms with van der Waals surface area (Å²) in [6.07, 6.45) is 2.23. The summed E-state index contributed by atoms with van der Waals surface area (Å²) in [7, 11) is -3.82. The fourth-order valence-electron chi connectivity index (χ4n) is 3.09. The molecule has 7 nitrogen and oxygen atoms in total. The van der Waals surface area contributed by atoms with Gasteiger partial charge in [-0.05, 0) is 32.2 Å². The number of hydrogen-bond donors (Lipinski definition) is 1. The second-order valence-corrected chi connectivity index (χ2v) is 9.22. The lowest BCUT2D eigenvalue weighted by Crippen LogP contribution is -2.36. The summed E-state index contributed by atoms with van der Waals surface area (Å²) in [5, 5.41) is 7.94. The molecule has 27 heavy (non-hydrogen) atoms. The molecule has 0 saturated heterocycles. The monoisotopic (exact) mass is 405 g/mol. The summed E-state index contributed by atoms with van der Waals surface area (Å²) in [4.78, 5) is 7.78. The minimum Gasteiger partial charge on any atom is -0.358 e. The van der Waals surface area contributed by atoms with Crippen molar-refractivity contribution >= 4 is 27.4 Å². The van der Waals surface area contributed by atoms with Gasteiger partial charge in [0.05, 0.1) is 22.3 Å². The van der Waals surface area contributed by atoms with E-state index in [9.17, 15) is 12.8 Å². The maximum Gasteiger partial charge on any atom is 0.309 e. The van der Waals surface area contributed by atoms with E-state index in [1.807, 2.05) is 0 Å². The van der Waals surface area contributed by atoms with Crippen molar-refractivity contribution in [2.75, 3.05) is 11.6 Å². The molecule has 3 heterocycles. The zero-order valence-corrected chi connectivity index (χ0v) is 16.4. The van der Waals surface area contributed by atoms with Crippen LogP contribution in [0.25, 0.3) is 5.69 Å². The molecule has 0 spiro atoms. The Kier molecular flexibility index (Phi) is 4.00. The van der Waals surface area contributed by atoms with Crippen molar-refractivity contribution in [3.05, 3.63) is 48.3 Å². The van der Waals surface area contributed by atoms with Crippen LogP contribution >= 0.6 is 11.8 Å². The summed E-state index contributed by atoms with van der Waals surface area (Å²) in [5.41, 5.74) is 0.0347. The molecule has 10 heteroatoms. The van der Waals surface area contributed by atoms with Crippen LogP contribution in [-0.2, 0) is 15.4 Å². The SMILES string of the molecule is CSc1nn2c(c1S(=O)(=O)c1ccccc1)NC(C)(C)c1nc(F)ncc1-2. The first kappa shape index (κ1) is 17.9. The van der Waals surface area contributed by atoms with E-state index in [-0.39, 0.29) is 9.79 Å². The highest BCUT2D eigenvalue weighted by Crippen LogP contribution is 2.43. The molecule has 0 aliphatic carbocycles. The van der Waals surface area contributed by atoms with E-state index in [1.54, 1.807) is 50.4 Å². The molecule has 2 aromatic heterocycles. The minimum atomic E-state index is -3.82. The smallest absolute Gasteiger partial charge is 0.309 e. The number of rotatable bonds is 3. The first-order chi connectivity index (χ1) is 12.8. The van der Waals surface area contributed by atoms with Gasteiger partial charge in [0.25, 0.3) is 0 Å². The van der Waals surface area contributed by atoms with Gasteiger partial charge in [-0.25, -0.2) is 23.1 Å². The first-order valence-electron chi connectivity index (χ1n) is 8.04. The maximum absolute atomic E-state index is 13.6. The zero-order chi connectivity index (χ0) is 19.4. The number of halogens is 1. The van der Waals surface area contributed by atoms with Gasteiger partial charge in [0.2, 0.25) is 9.84 Å². The fraction of sp³-hybridized carbons (Fsp3) is 0.235. The Morgan fingerprint density at radius 2 is 1.93 bits per heavy atom. The summed E-state index contributed by atoms with van der Waals surface area (Å²) < 4.78 is 41.7. The van der Waals surface area contributed by atoms with E-state index in [4.69, 9.17) is 0 Å². The predicted molar refractivity (Wildman–Crippen MR) is 99.4 cm³/mol. The Morgan fingerprint density at radius 1 is 1.22 bits per heavy atom. The van der Waals surface area contributed by atoms with Gasteiger partial charge in [0.1, 0.15) is 15.6 Å². The molecule has 0 atom stereocenters. The lowest BCUT2D eigenvalue weighted by molar-refractivity contribution is 0.486. The average molecular weight is 405 g/mol. The Hall–Kier alpha value is -2.46. The molecule has 0 unspecified atom stereocenters. The molecule has 1 aliphatic rings. The quantitative estimate of drug-likeness (QED) is 0.529. The minimum absolute atomic E-state index is 0.0873. The molecule has 4 rings (SSSR count). The van der Waals surface area contributed by atoms with E-state index < -0.39 is 21.5 Å². The van der Waals surface area contributed by atoms with Crippen molar-refractivity contribution in [2.24, 2.45) is 0 Å². The van der Waals surface area contributed by atoms with Crippen LogP contribution in [-0.4, -0.2) is 34.4 Å². The van der Waals surface area contributed by atoms with Crippen LogP contribution in [0.4, 0.5) is 10.2 Å². The van der Waals surface area contributed by atoms with Gasteiger partial charge in [0.15, 0.2) is 5.82 Å². The number of sulfone groups is 1. The number of hydrogen-bond acceptors (Lipinski definition) is 7. The highest BCUT2D eigenvalue weighted by atomic mass is 32.2. The Labute approximate surface area is 160 Å². The van der Waals surface area contributed by atoms with Crippen molar-refractivity contribution in [1.29, 1.82) is 0 Å². The molecule has 0 radical (unpaired) electrons. The highest BCUT2D eigenvalue weighted by molar-refractivity contribution is 7.99. The number of aromatic nitrogens is 4. The number of benzene rings is 1. The molecule has 1 N–H and O–H groups in total. The highest BCUT2D eigenvalue weighted by Gasteiger charge is 2.40. The normalized spacial score (nSPS) is 15.0. The van der Waals surface area contributed by atoms with E-state index in [0.29, 0.717) is 22.2 Å². The van der Waals surface area contributed by atoms with Gasteiger partial charge in [-0.15, -0.1) is 11.8 Å². The van der Waals surface area contributed by atoms with Crippen LogP contribution in [0, 0.1) is 6.08 Å². The summed E-state index contributed by atoms with van der Waals surface area (Å²) in [6, 6.07) is 8.19. The molecular formula is C17H16FN5O2S2. The molecule has 0 amide bonds. The van der Waals surface area contributed by atoms with Crippen LogP contribution in [0.1, 0.15) is 19.5 Å². The first-order valence-corrected chi connectivity index (χ1v) is 10.8. The van der Waals surface area contributed by atoms with Gasteiger partial charge < -0.3 is 5.32 Å². The van der Waals surface area contributed by atoms with Gasteiger partial charge >= 0.3 is 6.08 Å². The zero-order valence-electron chi connectivity index (χ0n) is 14.8. The largest absolute Gasteiger partial charge is 0.358 e. The predicted octanol–water partition coefficient (Wildman–Crippen LogP) is 3.02. The fourth-order valence-corrected chi connectivity index (χ4v) is 5.52. The topological polar surface area (TPSA) is 89.8 Å². The molecule has 0 saturated carbocycles. The van der Waals surface area contributed by atoms with E-state index in [1.165, 1.54) is 22.6 Å². The Morgan fingerprint density at radius 3 is 2.59 bits per heavy atom. The third-order valence-corrected chi connectivity index (χ3v) is 6.94. The Balaban J connectivity index is 2.03. The maximum atomic E-state index is 13.6. The van der Waals surface area contributed by atoms with Crippen molar-refractivity contribution in [2.45, 2.75) is 34.2 Å². The number of nitrogens with zero attached hydrogens (tertiary/aromatic N) is 4. The van der Waals surface area contributed by atoms with Crippen molar-refractivity contribution < 1.29 is 12.8 Å². The second-order valence-electron chi connectivity index (χ2n) is 6.54. The van der Waals surface area contributed by atoms with Gasteiger partial charge in [-0.2, -0.15) is 9.49 Å². The van der Waals surface area contributed by atoms with E-state index >= 15 is 0 Å². The van der Waals surface area contributed by atoms with Crippen molar-refractivity contribution in [1.82, 2.24) is 19.7 Å². The average Bonchev–Trinajstić information content (AvgIpc) is 3.01. The molecule has 140 valence electrons. The number of nitrogens with one attached hydrogen (secondary N) is 1. The van der Waals surface area contributed by atoms with Crippen LogP contribution in [0.2, 0.25) is 0 Å². The summed E-state index contributed by atoms with van der Waals surface area (Å²) in [6.45, 7) is 3.60. The molecule has 3 aromatic rings. The lowest BCUT2D eigenvalue weighted by Gasteiger charge is -2.33. The van der Waals surface area contributed by atoms with Crippen LogP contribution in [0.15, 0.2) is 51.3 Å². The van der Waals surface area contributed by atoms with Gasteiger partial charge in [-0.3, -0.25) is 0 Å².